The lowest BCUT2D eigenvalue weighted by Crippen LogP contribution is -2.41. The molecule has 1 aromatic carbocycles. The van der Waals surface area contributed by atoms with E-state index in [0.717, 1.165) is 27.5 Å². The first kappa shape index (κ1) is 23.0. The highest BCUT2D eigenvalue weighted by Gasteiger charge is 2.29. The highest BCUT2D eigenvalue weighted by Crippen LogP contribution is 2.30. The van der Waals surface area contributed by atoms with Gasteiger partial charge in [-0.15, -0.1) is 11.8 Å². The summed E-state index contributed by atoms with van der Waals surface area (Å²) in [7, 11) is 0. The fourth-order valence-electron chi connectivity index (χ4n) is 3.91. The average molecular weight is 465 g/mol. The Labute approximate surface area is 197 Å². The van der Waals surface area contributed by atoms with Crippen LogP contribution in [0.25, 0.3) is 0 Å². The second-order valence-electron chi connectivity index (χ2n) is 8.36. The van der Waals surface area contributed by atoms with Crippen LogP contribution in [0.15, 0.2) is 52.0 Å². The third-order valence-electron chi connectivity index (χ3n) is 5.99. The summed E-state index contributed by atoms with van der Waals surface area (Å²) in [6, 6.07) is 11.4. The van der Waals surface area contributed by atoms with E-state index in [2.05, 4.69) is 15.5 Å². The molecular weight excluding hydrogens is 436 g/mol. The van der Waals surface area contributed by atoms with Crippen molar-refractivity contribution >= 4 is 29.4 Å². The van der Waals surface area contributed by atoms with Crippen molar-refractivity contribution in [3.8, 4) is 0 Å². The standard InChI is InChI=1S/C25H28N4O3S/c1-16-8-9-23(26-14-16)27-24(30)19-10-12-29(13-11-19)25(31)20-6-4-5-7-22(20)33-15-21-17(2)28-32-18(21)3/h4-9,14,19H,10-13,15H2,1-3H3,(H,26,27,30). The summed E-state index contributed by atoms with van der Waals surface area (Å²) in [6.45, 7) is 6.90. The van der Waals surface area contributed by atoms with Gasteiger partial charge in [-0.25, -0.2) is 4.98 Å². The second kappa shape index (κ2) is 10.2. The Hall–Kier alpha value is -3.13. The average Bonchev–Trinajstić information content (AvgIpc) is 3.16. The number of carbonyl (C=O) groups is 2. The molecule has 3 heterocycles. The third-order valence-corrected chi connectivity index (χ3v) is 7.09. The molecule has 0 unspecified atom stereocenters. The molecule has 1 aliphatic heterocycles. The van der Waals surface area contributed by atoms with E-state index in [1.165, 1.54) is 0 Å². The minimum atomic E-state index is -0.124. The normalized spacial score (nSPS) is 14.3. The zero-order chi connectivity index (χ0) is 23.4. The van der Waals surface area contributed by atoms with Gasteiger partial charge in [0, 0.05) is 41.4 Å². The zero-order valence-corrected chi connectivity index (χ0v) is 19.9. The highest BCUT2D eigenvalue weighted by molar-refractivity contribution is 7.98. The maximum atomic E-state index is 13.3. The number of hydrogen-bond acceptors (Lipinski definition) is 6. The Balaban J connectivity index is 1.36. The summed E-state index contributed by atoms with van der Waals surface area (Å²) in [4.78, 5) is 33.0. The number of benzene rings is 1. The minimum Gasteiger partial charge on any atom is -0.361 e. The number of rotatable bonds is 6. The predicted molar refractivity (Wildman–Crippen MR) is 128 cm³/mol. The van der Waals surface area contributed by atoms with Gasteiger partial charge in [-0.3, -0.25) is 9.59 Å². The van der Waals surface area contributed by atoms with Gasteiger partial charge in [0.1, 0.15) is 11.6 Å². The van der Waals surface area contributed by atoms with Crippen LogP contribution in [0.3, 0.4) is 0 Å². The van der Waals surface area contributed by atoms with Gasteiger partial charge in [0.2, 0.25) is 5.91 Å². The van der Waals surface area contributed by atoms with E-state index in [-0.39, 0.29) is 17.7 Å². The number of pyridine rings is 1. The summed E-state index contributed by atoms with van der Waals surface area (Å²) in [5.41, 5.74) is 3.69. The molecule has 1 fully saturated rings. The molecule has 0 radical (unpaired) electrons. The van der Waals surface area contributed by atoms with Crippen molar-refractivity contribution in [1.82, 2.24) is 15.0 Å². The van der Waals surface area contributed by atoms with Gasteiger partial charge in [0.05, 0.1) is 11.3 Å². The van der Waals surface area contributed by atoms with Gasteiger partial charge >= 0.3 is 0 Å². The lowest BCUT2D eigenvalue weighted by molar-refractivity contribution is -0.121. The molecule has 33 heavy (non-hydrogen) atoms. The molecule has 1 aliphatic rings. The molecule has 0 saturated carbocycles. The molecule has 3 aromatic rings. The first-order valence-corrected chi connectivity index (χ1v) is 12.1. The number of hydrogen-bond donors (Lipinski definition) is 1. The van der Waals surface area contributed by atoms with Gasteiger partial charge in [-0.2, -0.15) is 0 Å². The summed E-state index contributed by atoms with van der Waals surface area (Å²) in [5, 5.41) is 6.90. The molecule has 2 amide bonds. The monoisotopic (exact) mass is 464 g/mol. The van der Waals surface area contributed by atoms with Crippen molar-refractivity contribution < 1.29 is 14.1 Å². The Morgan fingerprint density at radius 2 is 1.88 bits per heavy atom. The van der Waals surface area contributed by atoms with E-state index in [4.69, 9.17) is 4.52 Å². The number of aromatic nitrogens is 2. The van der Waals surface area contributed by atoms with E-state index in [0.29, 0.717) is 43.1 Å². The van der Waals surface area contributed by atoms with Crippen molar-refractivity contribution in [2.45, 2.75) is 44.3 Å². The van der Waals surface area contributed by atoms with Crippen LogP contribution in [0.5, 0.6) is 0 Å². The van der Waals surface area contributed by atoms with Crippen LogP contribution in [0.4, 0.5) is 5.82 Å². The van der Waals surface area contributed by atoms with Crippen LogP contribution in [0.2, 0.25) is 0 Å². The molecule has 1 saturated heterocycles. The minimum absolute atomic E-state index is 0.0101. The number of carbonyl (C=O) groups excluding carboxylic acids is 2. The fourth-order valence-corrected chi connectivity index (χ4v) is 5.11. The molecule has 172 valence electrons. The lowest BCUT2D eigenvalue weighted by atomic mass is 9.95. The quantitative estimate of drug-likeness (QED) is 0.528. The van der Waals surface area contributed by atoms with Crippen LogP contribution in [-0.4, -0.2) is 39.9 Å². The number of likely N-dealkylation sites (tertiary alicyclic amines) is 1. The van der Waals surface area contributed by atoms with Crippen LogP contribution in [0.1, 0.15) is 45.8 Å². The maximum absolute atomic E-state index is 13.3. The predicted octanol–water partition coefficient (Wildman–Crippen LogP) is 4.78. The maximum Gasteiger partial charge on any atom is 0.254 e. The molecule has 1 N–H and O–H groups in total. The first-order chi connectivity index (χ1) is 15.9. The summed E-state index contributed by atoms with van der Waals surface area (Å²) < 4.78 is 5.25. The number of nitrogens with zero attached hydrogens (tertiary/aromatic N) is 3. The van der Waals surface area contributed by atoms with Gasteiger partial charge in [0.15, 0.2) is 0 Å². The Morgan fingerprint density at radius 1 is 1.12 bits per heavy atom. The Kier molecular flexibility index (Phi) is 7.13. The highest BCUT2D eigenvalue weighted by atomic mass is 32.2. The number of piperidine rings is 1. The van der Waals surface area contributed by atoms with Crippen LogP contribution in [0, 0.1) is 26.7 Å². The Bertz CT molecular complexity index is 1120. The van der Waals surface area contributed by atoms with Crippen molar-refractivity contribution in [1.29, 1.82) is 0 Å². The van der Waals surface area contributed by atoms with Crippen molar-refractivity contribution in [3.63, 3.8) is 0 Å². The van der Waals surface area contributed by atoms with E-state index in [1.54, 1.807) is 18.0 Å². The number of nitrogens with one attached hydrogen (secondary N) is 1. The molecule has 2 aromatic heterocycles. The molecular formula is C25H28N4O3S. The van der Waals surface area contributed by atoms with Gasteiger partial charge in [-0.05, 0) is 57.4 Å². The number of thioether (sulfide) groups is 1. The number of anilines is 1. The van der Waals surface area contributed by atoms with Gasteiger partial charge in [-0.1, -0.05) is 23.4 Å². The molecule has 0 atom stereocenters. The van der Waals surface area contributed by atoms with Crippen molar-refractivity contribution in [2.24, 2.45) is 5.92 Å². The van der Waals surface area contributed by atoms with Crippen LogP contribution >= 0.6 is 11.8 Å². The number of aryl methyl sites for hydroxylation is 3. The van der Waals surface area contributed by atoms with E-state index in [9.17, 15) is 9.59 Å². The van der Waals surface area contributed by atoms with Gasteiger partial charge in [0.25, 0.3) is 5.91 Å². The zero-order valence-electron chi connectivity index (χ0n) is 19.1. The van der Waals surface area contributed by atoms with Gasteiger partial charge < -0.3 is 14.7 Å². The second-order valence-corrected chi connectivity index (χ2v) is 9.38. The molecule has 0 spiro atoms. The van der Waals surface area contributed by atoms with Crippen LogP contribution in [-0.2, 0) is 10.5 Å². The third kappa shape index (κ3) is 5.45. The largest absolute Gasteiger partial charge is 0.361 e. The molecule has 4 rings (SSSR count). The smallest absolute Gasteiger partial charge is 0.254 e. The topological polar surface area (TPSA) is 88.3 Å². The molecule has 8 heteroatoms. The molecule has 0 bridgehead atoms. The molecule has 0 aliphatic carbocycles. The van der Waals surface area contributed by atoms with Crippen LogP contribution < -0.4 is 5.32 Å². The SMILES string of the molecule is Cc1ccc(NC(=O)C2CCN(C(=O)c3ccccc3SCc3c(C)noc3C)CC2)nc1. The van der Waals surface area contributed by atoms with Crippen molar-refractivity contribution in [2.75, 3.05) is 18.4 Å². The van der Waals surface area contributed by atoms with E-state index >= 15 is 0 Å². The number of amides is 2. The summed E-state index contributed by atoms with van der Waals surface area (Å²) in [5.74, 6) is 1.92. The van der Waals surface area contributed by atoms with E-state index < -0.39 is 0 Å². The summed E-state index contributed by atoms with van der Waals surface area (Å²) in [6.07, 6.45) is 3.01. The van der Waals surface area contributed by atoms with Crippen molar-refractivity contribution in [3.05, 3.63) is 70.7 Å². The fraction of sp³-hybridized carbons (Fsp3) is 0.360. The summed E-state index contributed by atoms with van der Waals surface area (Å²) >= 11 is 1.61. The first-order valence-electron chi connectivity index (χ1n) is 11.1. The Morgan fingerprint density at radius 3 is 2.55 bits per heavy atom. The van der Waals surface area contributed by atoms with E-state index in [1.807, 2.05) is 62.1 Å². The molecule has 7 nitrogen and oxygen atoms in total. The lowest BCUT2D eigenvalue weighted by Gasteiger charge is -2.31.